The summed E-state index contributed by atoms with van der Waals surface area (Å²) in [5, 5.41) is 3.94. The van der Waals surface area contributed by atoms with Gasteiger partial charge >= 0.3 is 11.8 Å². The fourth-order valence-corrected chi connectivity index (χ4v) is 4.27. The smallest absolute Gasteiger partial charge is 0.419 e. The molecule has 0 aliphatic rings. The predicted octanol–water partition coefficient (Wildman–Crippen LogP) is 3.36. The molecule has 0 fully saturated rings. The maximum Gasteiger partial charge on any atom is 0.419 e. The Bertz CT molecular complexity index is 1770. The van der Waals surface area contributed by atoms with Crippen LogP contribution in [0.4, 0.5) is 16.4 Å². The predicted molar refractivity (Wildman–Crippen MR) is 140 cm³/mol. The van der Waals surface area contributed by atoms with Gasteiger partial charge in [-0.3, -0.25) is 18.9 Å². The van der Waals surface area contributed by atoms with Gasteiger partial charge in [-0.2, -0.15) is 4.98 Å². The van der Waals surface area contributed by atoms with Gasteiger partial charge in [-0.25, -0.2) is 14.2 Å². The number of imidazole rings is 1. The van der Waals surface area contributed by atoms with Gasteiger partial charge in [-0.1, -0.05) is 18.2 Å². The fraction of sp³-hybridized carbons (Fsp3) is 0.269. The lowest BCUT2D eigenvalue weighted by Gasteiger charge is -2.21. The Hall–Kier alpha value is -4.67. The van der Waals surface area contributed by atoms with E-state index in [1.165, 1.54) is 9.13 Å². The monoisotopic (exact) mass is 501 g/mol. The number of benzene rings is 1. The molecule has 0 bridgehead atoms. The highest BCUT2D eigenvalue weighted by Gasteiger charge is 2.24. The minimum absolute atomic E-state index is 0.131. The third-order valence-electron chi connectivity index (χ3n) is 5.98. The summed E-state index contributed by atoms with van der Waals surface area (Å²) < 4.78 is 11.1. The van der Waals surface area contributed by atoms with E-state index >= 15 is 0 Å². The first-order chi connectivity index (χ1) is 17.5. The SMILES string of the molecule is Cn1c(Nc2ccncc2)nc2c1c(=O)n(Cc1cc3ccccc3n1C(=O)OC(C)(C)C)c(=O)n2C. The van der Waals surface area contributed by atoms with Crippen LogP contribution in [0.5, 0.6) is 0 Å². The van der Waals surface area contributed by atoms with Crippen LogP contribution in [-0.4, -0.2) is 39.9 Å². The van der Waals surface area contributed by atoms with Crippen LogP contribution in [0.3, 0.4) is 0 Å². The Morgan fingerprint density at radius 1 is 1.03 bits per heavy atom. The van der Waals surface area contributed by atoms with Crippen LogP contribution in [0.25, 0.3) is 22.1 Å². The second kappa shape index (κ2) is 8.77. The van der Waals surface area contributed by atoms with E-state index < -0.39 is 22.9 Å². The lowest BCUT2D eigenvalue weighted by atomic mass is 10.2. The third kappa shape index (κ3) is 4.28. The van der Waals surface area contributed by atoms with Crippen LogP contribution in [0.2, 0.25) is 0 Å². The standard InChI is InChI=1S/C26H27N7O4/c1-26(2,3)37-25(36)33-18(14-16-8-6-7-9-19(16)33)15-32-22(34)20-21(31(5)24(32)35)29-23(30(20)4)28-17-10-12-27-13-11-17/h6-14H,15H2,1-5H3,(H,27,28,29). The number of para-hydroxylation sites is 1. The molecule has 4 aromatic heterocycles. The number of rotatable bonds is 4. The number of nitrogens with one attached hydrogen (secondary N) is 1. The zero-order valence-electron chi connectivity index (χ0n) is 21.2. The summed E-state index contributed by atoms with van der Waals surface area (Å²) in [6.45, 7) is 5.22. The highest BCUT2D eigenvalue weighted by molar-refractivity contribution is 5.91. The molecule has 0 amide bonds. The molecule has 0 radical (unpaired) electrons. The number of hydrogen-bond donors (Lipinski definition) is 1. The van der Waals surface area contributed by atoms with E-state index in [1.54, 1.807) is 76.1 Å². The van der Waals surface area contributed by atoms with Crippen molar-refractivity contribution in [2.75, 3.05) is 5.32 Å². The molecule has 0 aliphatic heterocycles. The molecule has 1 aromatic carbocycles. The van der Waals surface area contributed by atoms with Crippen molar-refractivity contribution in [3.8, 4) is 0 Å². The number of aryl methyl sites for hydroxylation is 2. The minimum Gasteiger partial charge on any atom is -0.443 e. The number of aromatic nitrogens is 6. The van der Waals surface area contributed by atoms with Gasteiger partial charge in [0.1, 0.15) is 5.60 Å². The molecule has 0 saturated heterocycles. The van der Waals surface area contributed by atoms with Gasteiger partial charge in [0.05, 0.1) is 17.8 Å². The first-order valence-electron chi connectivity index (χ1n) is 11.7. The summed E-state index contributed by atoms with van der Waals surface area (Å²) in [6, 6.07) is 12.7. The van der Waals surface area contributed by atoms with Crippen molar-refractivity contribution in [3.63, 3.8) is 0 Å². The summed E-state index contributed by atoms with van der Waals surface area (Å²) in [5.41, 5.74) is 0.521. The Balaban J connectivity index is 1.65. The highest BCUT2D eigenvalue weighted by atomic mass is 16.6. The molecular weight excluding hydrogens is 474 g/mol. The van der Waals surface area contributed by atoms with E-state index in [9.17, 15) is 14.4 Å². The molecule has 4 heterocycles. The first-order valence-corrected chi connectivity index (χ1v) is 11.7. The number of carbonyl (C=O) groups is 1. The summed E-state index contributed by atoms with van der Waals surface area (Å²) in [6.07, 6.45) is 2.69. The van der Waals surface area contributed by atoms with Gasteiger partial charge in [0.25, 0.3) is 5.56 Å². The number of anilines is 2. The van der Waals surface area contributed by atoms with E-state index in [0.29, 0.717) is 17.2 Å². The zero-order valence-corrected chi connectivity index (χ0v) is 21.2. The van der Waals surface area contributed by atoms with Gasteiger partial charge < -0.3 is 14.6 Å². The van der Waals surface area contributed by atoms with Crippen LogP contribution < -0.4 is 16.6 Å². The third-order valence-corrected chi connectivity index (χ3v) is 5.98. The second-order valence-corrected chi connectivity index (χ2v) is 9.77. The molecular formula is C26H27N7O4. The molecule has 0 unspecified atom stereocenters. The summed E-state index contributed by atoms with van der Waals surface area (Å²) in [4.78, 5) is 48.6. The van der Waals surface area contributed by atoms with Crippen LogP contribution in [0.15, 0.2) is 64.4 Å². The number of ether oxygens (including phenoxy) is 1. The highest BCUT2D eigenvalue weighted by Crippen LogP contribution is 2.23. The molecule has 5 aromatic rings. The molecule has 0 aliphatic carbocycles. The normalized spacial score (nSPS) is 11.8. The van der Waals surface area contributed by atoms with E-state index in [1.807, 2.05) is 18.2 Å². The van der Waals surface area contributed by atoms with Crippen molar-refractivity contribution >= 4 is 39.8 Å². The van der Waals surface area contributed by atoms with Gasteiger partial charge in [0.2, 0.25) is 5.95 Å². The van der Waals surface area contributed by atoms with E-state index in [4.69, 9.17) is 4.74 Å². The molecule has 11 heteroatoms. The Morgan fingerprint density at radius 2 is 1.73 bits per heavy atom. The van der Waals surface area contributed by atoms with Crippen molar-refractivity contribution in [2.24, 2.45) is 14.1 Å². The van der Waals surface area contributed by atoms with E-state index in [0.717, 1.165) is 15.6 Å². The molecule has 0 atom stereocenters. The van der Waals surface area contributed by atoms with Gasteiger partial charge in [0, 0.05) is 37.6 Å². The summed E-state index contributed by atoms with van der Waals surface area (Å²) >= 11 is 0. The quantitative estimate of drug-likeness (QED) is 0.401. The maximum atomic E-state index is 13.6. The fourth-order valence-electron chi connectivity index (χ4n) is 4.27. The topological polar surface area (TPSA) is 118 Å². The lowest BCUT2D eigenvalue weighted by Crippen LogP contribution is -2.40. The van der Waals surface area contributed by atoms with E-state index in [-0.39, 0.29) is 17.7 Å². The number of pyridine rings is 1. The summed E-state index contributed by atoms with van der Waals surface area (Å²) in [5.74, 6) is 0.397. The van der Waals surface area contributed by atoms with Crippen molar-refractivity contribution in [3.05, 3.63) is 81.4 Å². The van der Waals surface area contributed by atoms with Gasteiger partial charge in [-0.15, -0.1) is 0 Å². The minimum atomic E-state index is -0.724. The van der Waals surface area contributed by atoms with Gasteiger partial charge in [-0.05, 0) is 45.0 Å². The van der Waals surface area contributed by atoms with Crippen molar-refractivity contribution < 1.29 is 9.53 Å². The van der Waals surface area contributed by atoms with E-state index in [2.05, 4.69) is 15.3 Å². The molecule has 11 nitrogen and oxygen atoms in total. The largest absolute Gasteiger partial charge is 0.443 e. The number of carbonyl (C=O) groups excluding carboxylic acids is 1. The molecule has 1 N–H and O–H groups in total. The molecule has 0 saturated carbocycles. The Kier molecular flexibility index (Phi) is 5.70. The second-order valence-electron chi connectivity index (χ2n) is 9.77. The number of hydrogen-bond acceptors (Lipinski definition) is 7. The maximum absolute atomic E-state index is 13.6. The lowest BCUT2D eigenvalue weighted by molar-refractivity contribution is 0.0540. The Morgan fingerprint density at radius 3 is 2.43 bits per heavy atom. The molecule has 5 rings (SSSR count). The first kappa shape index (κ1) is 24.0. The number of nitrogens with zero attached hydrogens (tertiary/aromatic N) is 6. The van der Waals surface area contributed by atoms with Crippen molar-refractivity contribution in [2.45, 2.75) is 32.9 Å². The van der Waals surface area contributed by atoms with Crippen LogP contribution in [-0.2, 0) is 25.4 Å². The van der Waals surface area contributed by atoms with Crippen LogP contribution in [0, 0.1) is 0 Å². The average Bonchev–Trinajstić information content (AvgIpc) is 3.37. The van der Waals surface area contributed by atoms with Crippen molar-refractivity contribution in [1.82, 2.24) is 28.2 Å². The molecule has 37 heavy (non-hydrogen) atoms. The van der Waals surface area contributed by atoms with Crippen LogP contribution in [0.1, 0.15) is 26.5 Å². The molecule has 0 spiro atoms. The Labute approximate surface area is 211 Å². The van der Waals surface area contributed by atoms with Gasteiger partial charge in [0.15, 0.2) is 11.2 Å². The number of fused-ring (bicyclic) bond motifs is 2. The van der Waals surface area contributed by atoms with Crippen LogP contribution >= 0.6 is 0 Å². The summed E-state index contributed by atoms with van der Waals surface area (Å²) in [7, 11) is 3.26. The average molecular weight is 502 g/mol. The zero-order chi connectivity index (χ0) is 26.5. The molecule has 190 valence electrons. The van der Waals surface area contributed by atoms with Crippen molar-refractivity contribution in [1.29, 1.82) is 0 Å².